The van der Waals surface area contributed by atoms with E-state index in [1.165, 1.54) is 12.1 Å². The molecule has 2 aromatic carbocycles. The number of hydrogen-bond acceptors (Lipinski definition) is 3. The molecule has 1 aromatic heterocycles. The number of ether oxygens (including phenoxy) is 2. The van der Waals surface area contributed by atoms with Gasteiger partial charge in [0.2, 0.25) is 5.91 Å². The third-order valence-electron chi connectivity index (χ3n) is 5.37. The van der Waals surface area contributed by atoms with Gasteiger partial charge in [-0.05, 0) is 42.3 Å². The molecule has 0 unspecified atom stereocenters. The molecule has 0 saturated carbocycles. The van der Waals surface area contributed by atoms with E-state index in [2.05, 4.69) is 4.98 Å². The lowest BCUT2D eigenvalue weighted by Crippen LogP contribution is -2.35. The monoisotopic (exact) mass is 382 g/mol. The summed E-state index contributed by atoms with van der Waals surface area (Å²) >= 11 is 0. The van der Waals surface area contributed by atoms with E-state index >= 15 is 0 Å². The number of H-pyrrole nitrogens is 1. The van der Waals surface area contributed by atoms with Crippen molar-refractivity contribution >= 4 is 16.8 Å². The molecule has 1 aliphatic rings. The number of aromatic nitrogens is 1. The molecular formula is C22H23FN2O3. The first-order valence-corrected chi connectivity index (χ1v) is 9.36. The molecule has 3 aromatic rings. The number of fused-ring (bicyclic) bond motifs is 3. The summed E-state index contributed by atoms with van der Waals surface area (Å²) in [7, 11) is 3.20. The number of halogens is 1. The zero-order chi connectivity index (χ0) is 19.7. The third-order valence-corrected chi connectivity index (χ3v) is 5.37. The first kappa shape index (κ1) is 18.3. The van der Waals surface area contributed by atoms with E-state index < -0.39 is 0 Å². The topological polar surface area (TPSA) is 54.6 Å². The van der Waals surface area contributed by atoms with Crippen molar-refractivity contribution in [2.45, 2.75) is 25.8 Å². The highest BCUT2D eigenvalue weighted by Gasteiger charge is 2.24. The fraction of sp³-hybridized carbons (Fsp3) is 0.318. The molecule has 0 spiro atoms. The van der Waals surface area contributed by atoms with Crippen LogP contribution in [0.1, 0.15) is 23.2 Å². The minimum Gasteiger partial charge on any atom is -0.493 e. The van der Waals surface area contributed by atoms with Gasteiger partial charge in [0.15, 0.2) is 11.5 Å². The SMILES string of the molecule is COc1ccc(CCC(=O)N2CCc3[nH]c4cc(F)ccc4c3C2)cc1OC. The van der Waals surface area contributed by atoms with E-state index in [9.17, 15) is 9.18 Å². The van der Waals surface area contributed by atoms with Crippen molar-refractivity contribution in [1.29, 1.82) is 0 Å². The van der Waals surface area contributed by atoms with E-state index in [1.807, 2.05) is 23.1 Å². The first-order valence-electron chi connectivity index (χ1n) is 9.36. The number of carbonyl (C=O) groups is 1. The van der Waals surface area contributed by atoms with Gasteiger partial charge in [-0.1, -0.05) is 6.07 Å². The molecule has 0 radical (unpaired) electrons. The lowest BCUT2D eigenvalue weighted by atomic mass is 10.0. The van der Waals surface area contributed by atoms with Crippen LogP contribution in [0.5, 0.6) is 11.5 Å². The molecule has 0 saturated heterocycles. The number of aryl methyl sites for hydroxylation is 1. The smallest absolute Gasteiger partial charge is 0.223 e. The first-order chi connectivity index (χ1) is 13.6. The van der Waals surface area contributed by atoms with Gasteiger partial charge in [0.1, 0.15) is 5.82 Å². The summed E-state index contributed by atoms with van der Waals surface area (Å²) < 4.78 is 24.1. The van der Waals surface area contributed by atoms with Crippen molar-refractivity contribution in [3.8, 4) is 11.5 Å². The van der Waals surface area contributed by atoms with Crippen LogP contribution in [0.15, 0.2) is 36.4 Å². The number of nitrogens with zero attached hydrogens (tertiary/aromatic N) is 1. The van der Waals surface area contributed by atoms with Gasteiger partial charge in [-0.15, -0.1) is 0 Å². The Balaban J connectivity index is 1.44. The molecule has 1 amide bonds. The second-order valence-electron chi connectivity index (χ2n) is 7.03. The number of amides is 1. The maximum absolute atomic E-state index is 13.5. The second kappa shape index (κ2) is 7.54. The Labute approximate surface area is 163 Å². The van der Waals surface area contributed by atoms with Crippen LogP contribution in [0.2, 0.25) is 0 Å². The summed E-state index contributed by atoms with van der Waals surface area (Å²) in [5.74, 6) is 1.21. The Morgan fingerprint density at radius 2 is 1.96 bits per heavy atom. The van der Waals surface area contributed by atoms with Crippen LogP contribution >= 0.6 is 0 Å². The zero-order valence-electron chi connectivity index (χ0n) is 16.0. The number of nitrogens with one attached hydrogen (secondary N) is 1. The van der Waals surface area contributed by atoms with Gasteiger partial charge in [-0.25, -0.2) is 4.39 Å². The van der Waals surface area contributed by atoms with Crippen molar-refractivity contribution in [2.75, 3.05) is 20.8 Å². The molecule has 1 aliphatic heterocycles. The van der Waals surface area contributed by atoms with Gasteiger partial charge < -0.3 is 19.4 Å². The maximum atomic E-state index is 13.5. The predicted octanol–water partition coefficient (Wildman–Crippen LogP) is 3.84. The van der Waals surface area contributed by atoms with Gasteiger partial charge >= 0.3 is 0 Å². The van der Waals surface area contributed by atoms with Gasteiger partial charge in [-0.3, -0.25) is 4.79 Å². The maximum Gasteiger partial charge on any atom is 0.223 e. The van der Waals surface area contributed by atoms with Crippen LogP contribution in [0, 0.1) is 5.82 Å². The summed E-state index contributed by atoms with van der Waals surface area (Å²) in [6.45, 7) is 1.23. The minimum atomic E-state index is -0.256. The molecule has 0 aliphatic carbocycles. The van der Waals surface area contributed by atoms with Gasteiger partial charge in [0.25, 0.3) is 0 Å². The van der Waals surface area contributed by atoms with E-state index in [0.29, 0.717) is 37.4 Å². The summed E-state index contributed by atoms with van der Waals surface area (Å²) in [6.07, 6.45) is 1.83. The number of aromatic amines is 1. The van der Waals surface area contributed by atoms with Crippen LogP contribution in [0.25, 0.3) is 10.9 Å². The number of benzene rings is 2. The molecule has 2 heterocycles. The van der Waals surface area contributed by atoms with E-state index in [4.69, 9.17) is 9.47 Å². The van der Waals surface area contributed by atoms with Gasteiger partial charge in [0, 0.05) is 48.1 Å². The molecule has 28 heavy (non-hydrogen) atoms. The van der Waals surface area contributed by atoms with Crippen LogP contribution in [0.4, 0.5) is 4.39 Å². The van der Waals surface area contributed by atoms with Crippen molar-refractivity contribution in [2.24, 2.45) is 0 Å². The molecule has 1 N–H and O–H groups in total. The lowest BCUT2D eigenvalue weighted by molar-refractivity contribution is -0.132. The quantitative estimate of drug-likeness (QED) is 0.729. The predicted molar refractivity (Wildman–Crippen MR) is 105 cm³/mol. The molecule has 4 rings (SSSR count). The van der Waals surface area contributed by atoms with Crippen molar-refractivity contribution in [3.63, 3.8) is 0 Å². The third kappa shape index (κ3) is 3.42. The average molecular weight is 382 g/mol. The Hall–Kier alpha value is -3.02. The van der Waals surface area contributed by atoms with E-state index in [0.717, 1.165) is 34.1 Å². The lowest BCUT2D eigenvalue weighted by Gasteiger charge is -2.27. The van der Waals surface area contributed by atoms with E-state index in [1.54, 1.807) is 20.3 Å². The number of hydrogen-bond donors (Lipinski definition) is 1. The standard InChI is InChI=1S/C22H23FN2O3/c1-27-20-7-3-14(11-21(20)28-2)4-8-22(26)25-10-9-18-17(13-25)16-6-5-15(23)12-19(16)24-18/h3,5-7,11-12,24H,4,8-10,13H2,1-2H3. The van der Waals surface area contributed by atoms with Crippen molar-refractivity contribution in [1.82, 2.24) is 9.88 Å². The normalized spacial score (nSPS) is 13.5. The Morgan fingerprint density at radius 1 is 1.14 bits per heavy atom. The fourth-order valence-electron chi connectivity index (χ4n) is 3.85. The summed E-state index contributed by atoms with van der Waals surface area (Å²) in [4.78, 5) is 18.0. The summed E-state index contributed by atoms with van der Waals surface area (Å²) in [5.41, 5.74) is 4.03. The highest BCUT2D eigenvalue weighted by Crippen LogP contribution is 2.30. The van der Waals surface area contributed by atoms with Crippen LogP contribution < -0.4 is 9.47 Å². The summed E-state index contributed by atoms with van der Waals surface area (Å²) in [6, 6.07) is 10.5. The molecule has 0 fully saturated rings. The fourth-order valence-corrected chi connectivity index (χ4v) is 3.85. The Bertz CT molecular complexity index is 1030. The van der Waals surface area contributed by atoms with E-state index in [-0.39, 0.29) is 11.7 Å². The number of rotatable bonds is 5. The second-order valence-corrected chi connectivity index (χ2v) is 7.03. The zero-order valence-corrected chi connectivity index (χ0v) is 16.0. The minimum absolute atomic E-state index is 0.122. The van der Waals surface area contributed by atoms with Crippen LogP contribution in [-0.4, -0.2) is 36.6 Å². The van der Waals surface area contributed by atoms with Gasteiger partial charge in [0.05, 0.1) is 14.2 Å². The van der Waals surface area contributed by atoms with Gasteiger partial charge in [-0.2, -0.15) is 0 Å². The Morgan fingerprint density at radius 3 is 2.75 bits per heavy atom. The van der Waals surface area contributed by atoms with Crippen LogP contribution in [0.3, 0.4) is 0 Å². The molecule has 6 heteroatoms. The molecule has 0 bridgehead atoms. The molecular weight excluding hydrogens is 359 g/mol. The number of methoxy groups -OCH3 is 2. The van der Waals surface area contributed by atoms with Crippen molar-refractivity contribution in [3.05, 3.63) is 59.0 Å². The highest BCUT2D eigenvalue weighted by atomic mass is 19.1. The molecule has 146 valence electrons. The average Bonchev–Trinajstić information content (AvgIpc) is 3.08. The Kier molecular flexibility index (Phi) is 4.94. The summed E-state index contributed by atoms with van der Waals surface area (Å²) in [5, 5.41) is 0.994. The molecule has 5 nitrogen and oxygen atoms in total. The molecule has 0 atom stereocenters. The largest absolute Gasteiger partial charge is 0.493 e. The van der Waals surface area contributed by atoms with Crippen LogP contribution in [-0.2, 0) is 24.2 Å². The number of carbonyl (C=O) groups excluding carboxylic acids is 1. The highest BCUT2D eigenvalue weighted by molar-refractivity contribution is 5.86. The van der Waals surface area contributed by atoms with Crippen molar-refractivity contribution < 1.29 is 18.7 Å².